The predicted molar refractivity (Wildman–Crippen MR) is 79.3 cm³/mol. The van der Waals surface area contributed by atoms with Crippen LogP contribution in [0.2, 0.25) is 0 Å². The molecule has 0 spiro atoms. The molecule has 1 aromatic heterocycles. The SMILES string of the molecule is Cc1ccc(C(=O)Nc2ccc(C#CCN)cc2F)s1. The number of anilines is 1. The molecule has 102 valence electrons. The third-order valence-electron chi connectivity index (χ3n) is 2.52. The summed E-state index contributed by atoms with van der Waals surface area (Å²) < 4.78 is 13.8. The van der Waals surface area contributed by atoms with E-state index in [9.17, 15) is 9.18 Å². The van der Waals surface area contributed by atoms with Crippen LogP contribution in [0.5, 0.6) is 0 Å². The first-order valence-electron chi connectivity index (χ1n) is 5.96. The highest BCUT2D eigenvalue weighted by Gasteiger charge is 2.11. The smallest absolute Gasteiger partial charge is 0.265 e. The minimum absolute atomic E-state index is 0.138. The number of hydrogen-bond donors (Lipinski definition) is 2. The van der Waals surface area contributed by atoms with E-state index in [0.717, 1.165) is 4.88 Å². The van der Waals surface area contributed by atoms with E-state index >= 15 is 0 Å². The van der Waals surface area contributed by atoms with Gasteiger partial charge in [-0.15, -0.1) is 11.3 Å². The number of carbonyl (C=O) groups is 1. The van der Waals surface area contributed by atoms with Gasteiger partial charge in [-0.2, -0.15) is 0 Å². The molecule has 1 aromatic carbocycles. The molecule has 3 N–H and O–H groups in total. The molecule has 2 aromatic rings. The molecule has 3 nitrogen and oxygen atoms in total. The summed E-state index contributed by atoms with van der Waals surface area (Å²) in [4.78, 5) is 13.5. The summed E-state index contributed by atoms with van der Waals surface area (Å²) in [6.07, 6.45) is 0. The molecular formula is C15H13FN2OS. The summed E-state index contributed by atoms with van der Waals surface area (Å²) in [5.41, 5.74) is 5.92. The van der Waals surface area contributed by atoms with Gasteiger partial charge in [0.05, 0.1) is 17.1 Å². The summed E-state index contributed by atoms with van der Waals surface area (Å²) >= 11 is 1.36. The minimum Gasteiger partial charge on any atom is -0.320 e. The Morgan fingerprint density at radius 2 is 2.20 bits per heavy atom. The van der Waals surface area contributed by atoms with Crippen molar-refractivity contribution in [2.75, 3.05) is 11.9 Å². The Bertz CT molecular complexity index is 697. The van der Waals surface area contributed by atoms with Crippen molar-refractivity contribution in [3.63, 3.8) is 0 Å². The summed E-state index contributed by atoms with van der Waals surface area (Å²) in [5, 5.41) is 2.55. The van der Waals surface area contributed by atoms with E-state index in [1.165, 1.54) is 23.5 Å². The van der Waals surface area contributed by atoms with Gasteiger partial charge < -0.3 is 11.1 Å². The van der Waals surface area contributed by atoms with Crippen LogP contribution in [0.1, 0.15) is 20.1 Å². The number of hydrogen-bond acceptors (Lipinski definition) is 3. The summed E-state index contributed by atoms with van der Waals surface area (Å²) in [6.45, 7) is 2.13. The van der Waals surface area contributed by atoms with Gasteiger partial charge >= 0.3 is 0 Å². The second kappa shape index (κ2) is 6.33. The van der Waals surface area contributed by atoms with E-state index < -0.39 is 5.82 Å². The molecule has 0 aliphatic heterocycles. The fraction of sp³-hybridized carbons (Fsp3) is 0.133. The number of halogens is 1. The molecule has 0 atom stereocenters. The monoisotopic (exact) mass is 288 g/mol. The van der Waals surface area contributed by atoms with Crippen molar-refractivity contribution in [2.24, 2.45) is 5.73 Å². The maximum atomic E-state index is 13.8. The van der Waals surface area contributed by atoms with Crippen LogP contribution in [-0.4, -0.2) is 12.5 Å². The third-order valence-corrected chi connectivity index (χ3v) is 3.52. The Morgan fingerprint density at radius 3 is 2.80 bits per heavy atom. The van der Waals surface area contributed by atoms with Gasteiger partial charge in [-0.05, 0) is 37.3 Å². The molecule has 0 saturated carbocycles. The van der Waals surface area contributed by atoms with Crippen molar-refractivity contribution >= 4 is 22.9 Å². The number of nitrogens with two attached hydrogens (primary N) is 1. The predicted octanol–water partition coefficient (Wildman–Crippen LogP) is 2.76. The van der Waals surface area contributed by atoms with Crippen LogP contribution >= 0.6 is 11.3 Å². The molecular weight excluding hydrogens is 275 g/mol. The fourth-order valence-corrected chi connectivity index (χ4v) is 2.35. The lowest BCUT2D eigenvalue weighted by atomic mass is 10.2. The van der Waals surface area contributed by atoms with Crippen molar-refractivity contribution in [1.29, 1.82) is 0 Å². The summed E-state index contributed by atoms with van der Waals surface area (Å²) in [7, 11) is 0. The van der Waals surface area contributed by atoms with Gasteiger partial charge in [0.15, 0.2) is 0 Å². The van der Waals surface area contributed by atoms with Crippen LogP contribution in [0.3, 0.4) is 0 Å². The Balaban J connectivity index is 2.16. The van der Waals surface area contributed by atoms with Crippen molar-refractivity contribution < 1.29 is 9.18 Å². The average Bonchev–Trinajstić information content (AvgIpc) is 2.86. The Labute approximate surface area is 120 Å². The van der Waals surface area contributed by atoms with Crippen LogP contribution in [-0.2, 0) is 0 Å². The normalized spacial score (nSPS) is 9.75. The maximum absolute atomic E-state index is 13.8. The fourth-order valence-electron chi connectivity index (χ4n) is 1.59. The average molecular weight is 288 g/mol. The molecule has 0 unspecified atom stereocenters. The molecule has 1 amide bonds. The van der Waals surface area contributed by atoms with E-state index in [0.29, 0.717) is 10.4 Å². The quantitative estimate of drug-likeness (QED) is 0.835. The minimum atomic E-state index is -0.518. The van der Waals surface area contributed by atoms with Crippen molar-refractivity contribution in [3.8, 4) is 11.8 Å². The summed E-state index contributed by atoms with van der Waals surface area (Å²) in [5.74, 6) is 4.55. The van der Waals surface area contributed by atoms with Gasteiger partial charge in [-0.25, -0.2) is 4.39 Å². The molecule has 0 aliphatic carbocycles. The van der Waals surface area contributed by atoms with Gasteiger partial charge in [0, 0.05) is 10.4 Å². The number of carbonyl (C=O) groups excluding carboxylic acids is 1. The lowest BCUT2D eigenvalue weighted by Crippen LogP contribution is -2.11. The zero-order valence-electron chi connectivity index (χ0n) is 10.9. The number of benzene rings is 1. The highest BCUT2D eigenvalue weighted by Crippen LogP contribution is 2.19. The van der Waals surface area contributed by atoms with Gasteiger partial charge in [-0.3, -0.25) is 4.79 Å². The Kier molecular flexibility index (Phi) is 4.51. The molecule has 0 fully saturated rings. The molecule has 20 heavy (non-hydrogen) atoms. The number of aryl methyl sites for hydroxylation is 1. The van der Waals surface area contributed by atoms with E-state index in [-0.39, 0.29) is 18.1 Å². The van der Waals surface area contributed by atoms with E-state index in [4.69, 9.17) is 5.73 Å². The van der Waals surface area contributed by atoms with E-state index in [2.05, 4.69) is 17.2 Å². The lowest BCUT2D eigenvalue weighted by molar-refractivity contribution is 0.103. The van der Waals surface area contributed by atoms with E-state index in [1.54, 1.807) is 12.1 Å². The van der Waals surface area contributed by atoms with Crippen molar-refractivity contribution in [1.82, 2.24) is 0 Å². The summed E-state index contributed by atoms with van der Waals surface area (Å²) in [6, 6.07) is 7.98. The molecule has 0 bridgehead atoms. The Hall–Kier alpha value is -2.16. The molecule has 2 rings (SSSR count). The molecule has 1 heterocycles. The Morgan fingerprint density at radius 1 is 1.40 bits per heavy atom. The molecule has 5 heteroatoms. The first-order valence-corrected chi connectivity index (χ1v) is 6.78. The third kappa shape index (κ3) is 3.44. The first kappa shape index (κ1) is 14.3. The largest absolute Gasteiger partial charge is 0.320 e. The maximum Gasteiger partial charge on any atom is 0.265 e. The second-order valence-corrected chi connectivity index (χ2v) is 5.35. The number of amides is 1. The topological polar surface area (TPSA) is 55.1 Å². The van der Waals surface area contributed by atoms with Gasteiger partial charge in [0.2, 0.25) is 0 Å². The van der Waals surface area contributed by atoms with Gasteiger partial charge in [0.25, 0.3) is 5.91 Å². The first-order chi connectivity index (χ1) is 9.60. The zero-order valence-corrected chi connectivity index (χ0v) is 11.7. The highest BCUT2D eigenvalue weighted by atomic mass is 32.1. The number of thiophene rings is 1. The van der Waals surface area contributed by atoms with Gasteiger partial charge in [0.1, 0.15) is 5.82 Å². The highest BCUT2D eigenvalue weighted by molar-refractivity contribution is 7.14. The van der Waals surface area contributed by atoms with Crippen LogP contribution in [0.25, 0.3) is 0 Å². The van der Waals surface area contributed by atoms with Gasteiger partial charge in [-0.1, -0.05) is 11.8 Å². The molecule has 0 aliphatic rings. The molecule has 0 saturated heterocycles. The second-order valence-electron chi connectivity index (χ2n) is 4.06. The van der Waals surface area contributed by atoms with Crippen LogP contribution in [0.15, 0.2) is 30.3 Å². The van der Waals surface area contributed by atoms with Crippen LogP contribution in [0, 0.1) is 24.6 Å². The van der Waals surface area contributed by atoms with Crippen molar-refractivity contribution in [2.45, 2.75) is 6.92 Å². The zero-order chi connectivity index (χ0) is 14.5. The van der Waals surface area contributed by atoms with E-state index in [1.807, 2.05) is 13.0 Å². The van der Waals surface area contributed by atoms with Crippen LogP contribution in [0.4, 0.5) is 10.1 Å². The van der Waals surface area contributed by atoms with Crippen molar-refractivity contribution in [3.05, 3.63) is 51.5 Å². The lowest BCUT2D eigenvalue weighted by Gasteiger charge is -2.05. The number of rotatable bonds is 2. The van der Waals surface area contributed by atoms with Crippen LogP contribution < -0.4 is 11.1 Å². The number of nitrogens with one attached hydrogen (secondary N) is 1. The molecule has 0 radical (unpaired) electrons. The standard InChI is InChI=1S/C15H13FN2OS/c1-10-4-7-14(20-10)15(19)18-13-6-5-11(3-2-8-17)9-12(13)16/h4-7,9H,8,17H2,1H3,(H,18,19).